The number of rotatable bonds is 5. The fourth-order valence-corrected chi connectivity index (χ4v) is 1.91. The smallest absolute Gasteiger partial charge is 0.150 e. The Morgan fingerprint density at radius 3 is 2.94 bits per heavy atom. The standard InChI is InChI=1S/C11H17ClN4/c1-2-8(5-7-3-4-7)16-11-9(12)10(13)14-6-15-11/h6-8H,2-5H2,1H3,(H3,13,14,15,16). The van der Waals surface area contributed by atoms with E-state index in [9.17, 15) is 0 Å². The highest BCUT2D eigenvalue weighted by Gasteiger charge is 2.25. The first-order valence-electron chi connectivity index (χ1n) is 5.73. The van der Waals surface area contributed by atoms with E-state index in [1.807, 2.05) is 0 Å². The van der Waals surface area contributed by atoms with Gasteiger partial charge in [-0.2, -0.15) is 0 Å². The number of anilines is 2. The number of nitrogens with zero attached hydrogens (tertiary/aromatic N) is 2. The van der Waals surface area contributed by atoms with Crippen molar-refractivity contribution in [2.75, 3.05) is 11.1 Å². The molecule has 1 aliphatic rings. The molecule has 1 fully saturated rings. The Balaban J connectivity index is 2.02. The van der Waals surface area contributed by atoms with E-state index in [-0.39, 0.29) is 0 Å². The average Bonchev–Trinajstić information content (AvgIpc) is 3.07. The number of nitrogens with two attached hydrogens (primary N) is 1. The van der Waals surface area contributed by atoms with Crippen molar-refractivity contribution >= 4 is 23.2 Å². The van der Waals surface area contributed by atoms with Gasteiger partial charge in [0.1, 0.15) is 17.2 Å². The fourth-order valence-electron chi connectivity index (χ4n) is 1.76. The third-order valence-electron chi connectivity index (χ3n) is 2.96. The molecule has 1 heterocycles. The lowest BCUT2D eigenvalue weighted by Gasteiger charge is -2.18. The molecule has 0 radical (unpaired) electrons. The van der Waals surface area contributed by atoms with Gasteiger partial charge in [-0.15, -0.1) is 0 Å². The highest BCUT2D eigenvalue weighted by Crippen LogP contribution is 2.35. The van der Waals surface area contributed by atoms with Crippen LogP contribution in [0.2, 0.25) is 5.02 Å². The van der Waals surface area contributed by atoms with Gasteiger partial charge < -0.3 is 11.1 Å². The van der Waals surface area contributed by atoms with E-state index >= 15 is 0 Å². The Morgan fingerprint density at radius 1 is 1.56 bits per heavy atom. The lowest BCUT2D eigenvalue weighted by atomic mass is 10.1. The summed E-state index contributed by atoms with van der Waals surface area (Å²) in [6.45, 7) is 2.17. The molecule has 1 saturated carbocycles. The minimum absolute atomic E-state index is 0.334. The van der Waals surface area contributed by atoms with Crippen LogP contribution in [-0.4, -0.2) is 16.0 Å². The quantitative estimate of drug-likeness (QED) is 0.831. The molecule has 16 heavy (non-hydrogen) atoms. The van der Waals surface area contributed by atoms with Gasteiger partial charge in [-0.25, -0.2) is 9.97 Å². The predicted molar refractivity (Wildman–Crippen MR) is 66.5 cm³/mol. The van der Waals surface area contributed by atoms with Crippen LogP contribution < -0.4 is 11.1 Å². The van der Waals surface area contributed by atoms with Crippen LogP contribution in [0.15, 0.2) is 6.33 Å². The van der Waals surface area contributed by atoms with Gasteiger partial charge in [0.15, 0.2) is 5.82 Å². The first-order chi connectivity index (χ1) is 7.70. The second kappa shape index (κ2) is 4.87. The summed E-state index contributed by atoms with van der Waals surface area (Å²) in [4.78, 5) is 7.96. The minimum atomic E-state index is 0.334. The van der Waals surface area contributed by atoms with Crippen LogP contribution in [0.1, 0.15) is 32.6 Å². The Bertz CT molecular complexity index is 365. The van der Waals surface area contributed by atoms with Gasteiger partial charge in [-0.05, 0) is 18.8 Å². The van der Waals surface area contributed by atoms with Crippen LogP contribution >= 0.6 is 11.6 Å². The molecular weight excluding hydrogens is 224 g/mol. The number of halogens is 1. The highest BCUT2D eigenvalue weighted by atomic mass is 35.5. The van der Waals surface area contributed by atoms with Crippen LogP contribution in [0.3, 0.4) is 0 Å². The lowest BCUT2D eigenvalue weighted by Crippen LogP contribution is -2.20. The van der Waals surface area contributed by atoms with Crippen LogP contribution in [-0.2, 0) is 0 Å². The molecule has 0 bridgehead atoms. The molecule has 1 unspecified atom stereocenters. The molecule has 0 spiro atoms. The van der Waals surface area contributed by atoms with Crippen molar-refractivity contribution in [2.24, 2.45) is 5.92 Å². The molecule has 1 aliphatic carbocycles. The molecule has 5 heteroatoms. The summed E-state index contributed by atoms with van der Waals surface area (Å²) in [5.74, 6) is 1.87. The van der Waals surface area contributed by atoms with E-state index in [2.05, 4.69) is 22.2 Å². The van der Waals surface area contributed by atoms with Gasteiger partial charge in [-0.3, -0.25) is 0 Å². The van der Waals surface area contributed by atoms with Crippen LogP contribution in [0.25, 0.3) is 0 Å². The summed E-state index contributed by atoms with van der Waals surface area (Å²) in [7, 11) is 0. The maximum atomic E-state index is 6.03. The molecule has 1 aromatic heterocycles. The summed E-state index contributed by atoms with van der Waals surface area (Å²) in [5, 5.41) is 3.77. The van der Waals surface area contributed by atoms with Gasteiger partial charge in [0.2, 0.25) is 0 Å². The van der Waals surface area contributed by atoms with E-state index < -0.39 is 0 Å². The molecule has 0 aromatic carbocycles. The largest absolute Gasteiger partial charge is 0.382 e. The zero-order valence-electron chi connectivity index (χ0n) is 9.41. The molecule has 1 aromatic rings. The Morgan fingerprint density at radius 2 is 2.31 bits per heavy atom. The van der Waals surface area contributed by atoms with Crippen molar-refractivity contribution in [3.63, 3.8) is 0 Å². The van der Waals surface area contributed by atoms with Crippen molar-refractivity contribution < 1.29 is 0 Å². The molecule has 88 valence electrons. The third-order valence-corrected chi connectivity index (χ3v) is 3.34. The molecule has 0 saturated heterocycles. The molecule has 0 aliphatic heterocycles. The predicted octanol–water partition coefficient (Wildman–Crippen LogP) is 2.70. The van der Waals surface area contributed by atoms with Crippen molar-refractivity contribution in [1.29, 1.82) is 0 Å². The summed E-state index contributed by atoms with van der Waals surface area (Å²) >= 11 is 6.03. The molecular formula is C11H17ClN4. The molecule has 2 rings (SSSR count). The number of nitrogens with one attached hydrogen (secondary N) is 1. The minimum Gasteiger partial charge on any atom is -0.382 e. The maximum Gasteiger partial charge on any atom is 0.150 e. The number of hydrogen-bond acceptors (Lipinski definition) is 4. The van der Waals surface area contributed by atoms with E-state index in [1.165, 1.54) is 25.6 Å². The number of nitrogen functional groups attached to an aromatic ring is 1. The van der Waals surface area contributed by atoms with Crippen LogP contribution in [0.5, 0.6) is 0 Å². The Labute approximate surface area is 101 Å². The fraction of sp³-hybridized carbons (Fsp3) is 0.636. The second-order valence-corrected chi connectivity index (χ2v) is 4.73. The normalized spacial score (nSPS) is 17.1. The van der Waals surface area contributed by atoms with Crippen LogP contribution in [0.4, 0.5) is 11.6 Å². The Kier molecular flexibility index (Phi) is 3.49. The molecule has 4 nitrogen and oxygen atoms in total. The summed E-state index contributed by atoms with van der Waals surface area (Å²) < 4.78 is 0. The SMILES string of the molecule is CCC(CC1CC1)Nc1ncnc(N)c1Cl. The summed E-state index contributed by atoms with van der Waals surface area (Å²) in [6.07, 6.45) is 6.41. The van der Waals surface area contributed by atoms with Crippen molar-refractivity contribution in [3.05, 3.63) is 11.3 Å². The highest BCUT2D eigenvalue weighted by molar-refractivity contribution is 6.35. The van der Waals surface area contributed by atoms with Crippen molar-refractivity contribution in [2.45, 2.75) is 38.6 Å². The van der Waals surface area contributed by atoms with E-state index in [0.29, 0.717) is 22.7 Å². The van der Waals surface area contributed by atoms with Crippen molar-refractivity contribution in [1.82, 2.24) is 9.97 Å². The van der Waals surface area contributed by atoms with E-state index in [0.717, 1.165) is 12.3 Å². The van der Waals surface area contributed by atoms with Gasteiger partial charge in [0.25, 0.3) is 0 Å². The molecule has 1 atom stereocenters. The zero-order chi connectivity index (χ0) is 11.5. The zero-order valence-corrected chi connectivity index (χ0v) is 10.2. The first kappa shape index (κ1) is 11.5. The first-order valence-corrected chi connectivity index (χ1v) is 6.11. The van der Waals surface area contributed by atoms with Gasteiger partial charge in [-0.1, -0.05) is 31.4 Å². The monoisotopic (exact) mass is 240 g/mol. The third kappa shape index (κ3) is 2.76. The molecule has 0 amide bonds. The summed E-state index contributed by atoms with van der Waals surface area (Å²) in [5.41, 5.74) is 5.63. The maximum absolute atomic E-state index is 6.03. The van der Waals surface area contributed by atoms with E-state index in [4.69, 9.17) is 17.3 Å². The second-order valence-electron chi connectivity index (χ2n) is 4.35. The topological polar surface area (TPSA) is 63.8 Å². The number of aromatic nitrogens is 2. The average molecular weight is 241 g/mol. The van der Waals surface area contributed by atoms with Gasteiger partial charge >= 0.3 is 0 Å². The summed E-state index contributed by atoms with van der Waals surface area (Å²) in [6, 6.07) is 0.430. The lowest BCUT2D eigenvalue weighted by molar-refractivity contribution is 0.585. The number of hydrogen-bond donors (Lipinski definition) is 2. The van der Waals surface area contributed by atoms with Gasteiger partial charge in [0, 0.05) is 6.04 Å². The van der Waals surface area contributed by atoms with E-state index in [1.54, 1.807) is 0 Å². The van der Waals surface area contributed by atoms with Gasteiger partial charge in [0.05, 0.1) is 0 Å². The molecule has 3 N–H and O–H groups in total. The van der Waals surface area contributed by atoms with Crippen molar-refractivity contribution in [3.8, 4) is 0 Å². The Hall–Kier alpha value is -1.03. The van der Waals surface area contributed by atoms with Crippen LogP contribution in [0, 0.1) is 5.92 Å².